The maximum absolute atomic E-state index is 12.4. The van der Waals surface area contributed by atoms with Crippen LogP contribution in [0.25, 0.3) is 0 Å². The second-order valence-electron chi connectivity index (χ2n) is 5.52. The van der Waals surface area contributed by atoms with Crippen molar-refractivity contribution in [3.05, 3.63) is 35.9 Å². The van der Waals surface area contributed by atoms with E-state index in [2.05, 4.69) is 5.32 Å². The molecule has 0 unspecified atom stereocenters. The Morgan fingerprint density at radius 1 is 1.32 bits per heavy atom. The maximum atomic E-state index is 12.4. The molecular formula is C16H21N3O3. The molecule has 3 N–H and O–H groups in total. The van der Waals surface area contributed by atoms with Crippen molar-refractivity contribution >= 4 is 17.7 Å². The molecule has 0 radical (unpaired) electrons. The topological polar surface area (TPSA) is 92.5 Å². The first kappa shape index (κ1) is 16.0. The molecule has 3 amide bonds. The summed E-state index contributed by atoms with van der Waals surface area (Å²) in [5.74, 6) is -1.02. The first-order chi connectivity index (χ1) is 10.5. The second kappa shape index (κ2) is 7.06. The number of nitrogens with two attached hydrogens (primary N) is 1. The van der Waals surface area contributed by atoms with Crippen molar-refractivity contribution in [3.63, 3.8) is 0 Å². The molecule has 6 nitrogen and oxygen atoms in total. The van der Waals surface area contributed by atoms with Gasteiger partial charge in [-0.15, -0.1) is 0 Å². The van der Waals surface area contributed by atoms with Crippen LogP contribution in [0.4, 0.5) is 0 Å². The lowest BCUT2D eigenvalue weighted by atomic mass is 10.0. The zero-order chi connectivity index (χ0) is 16.1. The Kier molecular flexibility index (Phi) is 5.14. The van der Waals surface area contributed by atoms with Crippen LogP contribution in [0.3, 0.4) is 0 Å². The van der Waals surface area contributed by atoms with E-state index in [4.69, 9.17) is 5.73 Å². The summed E-state index contributed by atoms with van der Waals surface area (Å²) >= 11 is 0. The van der Waals surface area contributed by atoms with E-state index in [1.807, 2.05) is 30.3 Å². The molecule has 0 bridgehead atoms. The molecular weight excluding hydrogens is 282 g/mol. The highest BCUT2D eigenvalue weighted by atomic mass is 16.2. The molecule has 1 saturated heterocycles. The van der Waals surface area contributed by atoms with Crippen LogP contribution < -0.4 is 11.1 Å². The third-order valence-corrected chi connectivity index (χ3v) is 3.90. The van der Waals surface area contributed by atoms with Crippen molar-refractivity contribution < 1.29 is 14.4 Å². The summed E-state index contributed by atoms with van der Waals surface area (Å²) < 4.78 is 0. The van der Waals surface area contributed by atoms with Crippen LogP contribution >= 0.6 is 0 Å². The minimum atomic E-state index is -0.774. The number of carbonyl (C=O) groups excluding carboxylic acids is 3. The Morgan fingerprint density at radius 2 is 2.00 bits per heavy atom. The molecule has 0 aromatic heterocycles. The summed E-state index contributed by atoms with van der Waals surface area (Å²) in [7, 11) is 0. The molecule has 0 saturated carbocycles. The van der Waals surface area contributed by atoms with Gasteiger partial charge in [-0.1, -0.05) is 30.3 Å². The largest absolute Gasteiger partial charge is 0.368 e. The summed E-state index contributed by atoms with van der Waals surface area (Å²) in [6.07, 6.45) is 1.74. The van der Waals surface area contributed by atoms with Crippen LogP contribution in [-0.2, 0) is 20.8 Å². The number of likely N-dealkylation sites (tertiary alicyclic amines) is 1. The molecule has 2 atom stereocenters. The quantitative estimate of drug-likeness (QED) is 0.814. The number of nitrogens with one attached hydrogen (secondary N) is 1. The molecule has 6 heteroatoms. The van der Waals surface area contributed by atoms with Gasteiger partial charge in [-0.05, 0) is 18.4 Å². The number of rotatable bonds is 5. The molecule has 2 rings (SSSR count). The summed E-state index contributed by atoms with van der Waals surface area (Å²) in [5, 5.41) is 2.68. The molecule has 0 aliphatic carbocycles. The van der Waals surface area contributed by atoms with Gasteiger partial charge in [-0.25, -0.2) is 0 Å². The number of nitrogens with zero attached hydrogens (tertiary/aromatic N) is 1. The van der Waals surface area contributed by atoms with Crippen molar-refractivity contribution in [1.29, 1.82) is 0 Å². The third kappa shape index (κ3) is 3.84. The minimum Gasteiger partial charge on any atom is -0.368 e. The summed E-state index contributed by atoms with van der Waals surface area (Å²) in [6, 6.07) is 8.08. The van der Waals surface area contributed by atoms with Crippen LogP contribution in [0.5, 0.6) is 0 Å². The highest BCUT2D eigenvalue weighted by Gasteiger charge is 2.34. The van der Waals surface area contributed by atoms with E-state index in [-0.39, 0.29) is 11.8 Å². The van der Waals surface area contributed by atoms with Gasteiger partial charge >= 0.3 is 0 Å². The number of hydrogen-bond donors (Lipinski definition) is 2. The van der Waals surface area contributed by atoms with Gasteiger partial charge in [0.2, 0.25) is 17.7 Å². The van der Waals surface area contributed by atoms with Gasteiger partial charge in [0, 0.05) is 19.9 Å². The average Bonchev–Trinajstić information content (AvgIpc) is 2.97. The fourth-order valence-corrected chi connectivity index (χ4v) is 2.76. The van der Waals surface area contributed by atoms with Crippen molar-refractivity contribution in [2.45, 2.75) is 38.3 Å². The lowest BCUT2D eigenvalue weighted by Crippen LogP contribution is -2.52. The second-order valence-corrected chi connectivity index (χ2v) is 5.52. The number of amides is 3. The smallest absolute Gasteiger partial charge is 0.243 e. The van der Waals surface area contributed by atoms with Gasteiger partial charge in [-0.2, -0.15) is 0 Å². The zero-order valence-corrected chi connectivity index (χ0v) is 12.6. The van der Waals surface area contributed by atoms with E-state index >= 15 is 0 Å². The summed E-state index contributed by atoms with van der Waals surface area (Å²) in [4.78, 5) is 37.0. The van der Waals surface area contributed by atoms with Crippen molar-refractivity contribution in [3.8, 4) is 0 Å². The van der Waals surface area contributed by atoms with Crippen LogP contribution in [-0.4, -0.2) is 41.2 Å². The standard InChI is InChI=1S/C16H21N3O3/c1-11(20)19-9-5-8-14(19)16(22)18-13(15(17)21)10-12-6-3-2-4-7-12/h2-4,6-7,13-14H,5,8-10H2,1H3,(H2,17,21)(H,18,22)/t13-,14-/m0/s1. The predicted molar refractivity (Wildman–Crippen MR) is 81.7 cm³/mol. The third-order valence-electron chi connectivity index (χ3n) is 3.90. The highest BCUT2D eigenvalue weighted by Crippen LogP contribution is 2.17. The SMILES string of the molecule is CC(=O)N1CCC[C@H]1C(=O)N[C@@H](Cc1ccccc1)C(N)=O. The number of benzene rings is 1. The Hall–Kier alpha value is -2.37. The Balaban J connectivity index is 2.03. The maximum Gasteiger partial charge on any atom is 0.243 e. The van der Waals surface area contributed by atoms with Gasteiger partial charge in [0.15, 0.2) is 0 Å². The van der Waals surface area contributed by atoms with E-state index in [9.17, 15) is 14.4 Å². The molecule has 1 aromatic rings. The molecule has 1 aliphatic rings. The minimum absolute atomic E-state index is 0.128. The molecule has 118 valence electrons. The fourth-order valence-electron chi connectivity index (χ4n) is 2.76. The molecule has 0 spiro atoms. The van der Waals surface area contributed by atoms with E-state index in [0.717, 1.165) is 12.0 Å². The predicted octanol–water partition coefficient (Wildman–Crippen LogP) is 0.210. The Bertz CT molecular complexity index is 559. The van der Waals surface area contributed by atoms with Crippen molar-refractivity contribution in [1.82, 2.24) is 10.2 Å². The average molecular weight is 303 g/mol. The first-order valence-corrected chi connectivity index (χ1v) is 7.40. The van der Waals surface area contributed by atoms with Gasteiger partial charge < -0.3 is 16.0 Å². The van der Waals surface area contributed by atoms with E-state index in [1.54, 1.807) is 0 Å². The molecule has 1 aliphatic heterocycles. The Morgan fingerprint density at radius 3 is 2.59 bits per heavy atom. The normalized spacial score (nSPS) is 18.8. The van der Waals surface area contributed by atoms with Gasteiger partial charge in [0.25, 0.3) is 0 Å². The monoisotopic (exact) mass is 303 g/mol. The number of primary amides is 1. The van der Waals surface area contributed by atoms with Crippen LogP contribution in [0.2, 0.25) is 0 Å². The summed E-state index contributed by atoms with van der Waals surface area (Å²) in [5.41, 5.74) is 6.31. The van der Waals surface area contributed by atoms with Gasteiger partial charge in [0.1, 0.15) is 12.1 Å². The van der Waals surface area contributed by atoms with E-state index < -0.39 is 18.0 Å². The number of hydrogen-bond acceptors (Lipinski definition) is 3. The summed E-state index contributed by atoms with van der Waals surface area (Å²) in [6.45, 7) is 2.02. The zero-order valence-electron chi connectivity index (χ0n) is 12.6. The highest BCUT2D eigenvalue weighted by molar-refractivity contribution is 5.91. The van der Waals surface area contributed by atoms with Crippen molar-refractivity contribution in [2.24, 2.45) is 5.73 Å². The molecule has 1 heterocycles. The van der Waals surface area contributed by atoms with E-state index in [1.165, 1.54) is 11.8 Å². The molecule has 22 heavy (non-hydrogen) atoms. The van der Waals surface area contributed by atoms with Gasteiger partial charge in [0.05, 0.1) is 0 Å². The Labute approximate surface area is 129 Å². The van der Waals surface area contributed by atoms with Crippen LogP contribution in [0.15, 0.2) is 30.3 Å². The lowest BCUT2D eigenvalue weighted by molar-refractivity contribution is -0.137. The molecule has 1 aromatic carbocycles. The van der Waals surface area contributed by atoms with Crippen molar-refractivity contribution in [2.75, 3.05) is 6.54 Å². The van der Waals surface area contributed by atoms with Crippen LogP contribution in [0, 0.1) is 0 Å². The van der Waals surface area contributed by atoms with E-state index in [0.29, 0.717) is 19.4 Å². The lowest BCUT2D eigenvalue weighted by Gasteiger charge is -2.24. The number of carbonyl (C=O) groups is 3. The fraction of sp³-hybridized carbons (Fsp3) is 0.438. The van der Waals surface area contributed by atoms with Crippen LogP contribution in [0.1, 0.15) is 25.3 Å². The van der Waals surface area contributed by atoms with Gasteiger partial charge in [-0.3, -0.25) is 14.4 Å². The molecule has 1 fully saturated rings. The first-order valence-electron chi connectivity index (χ1n) is 7.40.